The minimum absolute atomic E-state index is 0.150. The molecule has 0 bridgehead atoms. The first-order chi connectivity index (χ1) is 6.56. The lowest BCUT2D eigenvalue weighted by atomic mass is 10.1. The van der Waals surface area contributed by atoms with Gasteiger partial charge in [-0.1, -0.05) is 29.3 Å². The van der Waals surface area contributed by atoms with E-state index in [4.69, 9.17) is 33.0 Å². The number of aliphatic carboxylic acids is 1. The number of ether oxygens (including phenoxy) is 1. The van der Waals surface area contributed by atoms with Crippen LogP contribution in [-0.4, -0.2) is 18.2 Å². The summed E-state index contributed by atoms with van der Waals surface area (Å²) < 4.78 is 4.92. The first kappa shape index (κ1) is 11.1. The van der Waals surface area contributed by atoms with Gasteiger partial charge >= 0.3 is 5.97 Å². The van der Waals surface area contributed by atoms with E-state index in [2.05, 4.69) is 0 Å². The Bertz CT molecular complexity index is 363. The van der Waals surface area contributed by atoms with Crippen LogP contribution in [0.1, 0.15) is 5.56 Å². The summed E-state index contributed by atoms with van der Waals surface area (Å²) in [5.41, 5.74) is 0.477. The number of rotatable bonds is 3. The third-order valence-electron chi connectivity index (χ3n) is 1.69. The molecule has 1 N–H and O–H groups in total. The SMILES string of the molecule is COc1ccc(CC(=O)O)c(Cl)c1Cl. The van der Waals surface area contributed by atoms with Gasteiger partial charge in [-0.05, 0) is 11.6 Å². The molecule has 0 saturated carbocycles. The van der Waals surface area contributed by atoms with Crippen LogP contribution in [0.3, 0.4) is 0 Å². The highest BCUT2D eigenvalue weighted by Crippen LogP contribution is 2.34. The van der Waals surface area contributed by atoms with Gasteiger partial charge in [-0.15, -0.1) is 0 Å². The highest BCUT2D eigenvalue weighted by Gasteiger charge is 2.12. The van der Waals surface area contributed by atoms with Crippen LogP contribution in [0.4, 0.5) is 0 Å². The summed E-state index contributed by atoms with van der Waals surface area (Å²) in [4.78, 5) is 10.5. The molecular formula is C9H8Cl2O3. The number of methoxy groups -OCH3 is 1. The molecule has 0 aliphatic rings. The molecule has 14 heavy (non-hydrogen) atoms. The van der Waals surface area contributed by atoms with Crippen LogP contribution in [0.2, 0.25) is 10.0 Å². The van der Waals surface area contributed by atoms with Crippen molar-refractivity contribution < 1.29 is 14.6 Å². The van der Waals surface area contributed by atoms with Gasteiger partial charge in [0.1, 0.15) is 10.8 Å². The molecule has 3 nitrogen and oxygen atoms in total. The maximum atomic E-state index is 10.5. The van der Waals surface area contributed by atoms with Crippen molar-refractivity contribution in [1.29, 1.82) is 0 Å². The molecule has 0 aliphatic heterocycles. The van der Waals surface area contributed by atoms with Crippen molar-refractivity contribution in [2.75, 3.05) is 7.11 Å². The Hall–Kier alpha value is -0.930. The molecule has 0 radical (unpaired) electrons. The minimum Gasteiger partial charge on any atom is -0.495 e. The van der Waals surface area contributed by atoms with E-state index in [0.29, 0.717) is 11.3 Å². The average molecular weight is 235 g/mol. The number of halogens is 2. The Morgan fingerprint density at radius 2 is 2.07 bits per heavy atom. The summed E-state index contributed by atoms with van der Waals surface area (Å²) in [7, 11) is 1.47. The van der Waals surface area contributed by atoms with E-state index in [1.807, 2.05) is 0 Å². The quantitative estimate of drug-likeness (QED) is 0.875. The van der Waals surface area contributed by atoms with Crippen LogP contribution in [0.15, 0.2) is 12.1 Å². The lowest BCUT2D eigenvalue weighted by molar-refractivity contribution is -0.136. The summed E-state index contributed by atoms with van der Waals surface area (Å²) in [5, 5.41) is 9.05. The summed E-state index contributed by atoms with van der Waals surface area (Å²) in [6.07, 6.45) is -0.150. The van der Waals surface area contributed by atoms with Crippen LogP contribution < -0.4 is 4.74 Å². The van der Waals surface area contributed by atoms with Gasteiger partial charge in [0, 0.05) is 0 Å². The van der Waals surface area contributed by atoms with E-state index in [0.717, 1.165) is 0 Å². The maximum absolute atomic E-state index is 10.5. The molecule has 5 heteroatoms. The zero-order valence-electron chi connectivity index (χ0n) is 7.38. The molecule has 0 aromatic heterocycles. The van der Waals surface area contributed by atoms with Crippen LogP contribution in [0.25, 0.3) is 0 Å². The Labute approximate surface area is 91.2 Å². The number of carboxylic acid groups (broad SMARTS) is 1. The largest absolute Gasteiger partial charge is 0.495 e. The van der Waals surface area contributed by atoms with Gasteiger partial charge in [0.25, 0.3) is 0 Å². The number of benzene rings is 1. The first-order valence-corrected chi connectivity index (χ1v) is 4.54. The molecule has 0 aliphatic carbocycles. The van der Waals surface area contributed by atoms with Gasteiger partial charge in [-0.25, -0.2) is 0 Å². The van der Waals surface area contributed by atoms with Crippen molar-refractivity contribution in [1.82, 2.24) is 0 Å². The maximum Gasteiger partial charge on any atom is 0.307 e. The summed E-state index contributed by atoms with van der Waals surface area (Å²) >= 11 is 11.7. The zero-order valence-corrected chi connectivity index (χ0v) is 8.89. The minimum atomic E-state index is -0.951. The van der Waals surface area contributed by atoms with Gasteiger partial charge in [-0.2, -0.15) is 0 Å². The van der Waals surface area contributed by atoms with E-state index in [1.54, 1.807) is 12.1 Å². The van der Waals surface area contributed by atoms with Crippen molar-refractivity contribution in [3.63, 3.8) is 0 Å². The Morgan fingerprint density at radius 1 is 1.43 bits per heavy atom. The Morgan fingerprint density at radius 3 is 2.57 bits per heavy atom. The monoisotopic (exact) mass is 234 g/mol. The Balaban J connectivity index is 3.10. The average Bonchev–Trinajstić information content (AvgIpc) is 2.13. The van der Waals surface area contributed by atoms with Gasteiger partial charge in [0.15, 0.2) is 0 Å². The molecule has 1 aromatic carbocycles. The van der Waals surface area contributed by atoms with Crippen LogP contribution in [0, 0.1) is 0 Å². The lowest BCUT2D eigenvalue weighted by Gasteiger charge is -2.07. The Kier molecular flexibility index (Phi) is 3.61. The standard InChI is InChI=1S/C9H8Cl2O3/c1-14-6-3-2-5(4-7(12)13)8(10)9(6)11/h2-3H,4H2,1H3,(H,12,13). The summed E-state index contributed by atoms with van der Waals surface area (Å²) in [6.45, 7) is 0. The molecule has 0 fully saturated rings. The fourth-order valence-electron chi connectivity index (χ4n) is 1.03. The summed E-state index contributed by atoms with van der Waals surface area (Å²) in [6, 6.07) is 3.17. The van der Waals surface area contributed by atoms with Crippen LogP contribution in [-0.2, 0) is 11.2 Å². The van der Waals surface area contributed by atoms with Crippen molar-refractivity contribution in [3.05, 3.63) is 27.7 Å². The number of hydrogen-bond acceptors (Lipinski definition) is 2. The predicted molar refractivity (Wildman–Crippen MR) is 54.4 cm³/mol. The molecule has 0 amide bonds. The molecule has 0 atom stereocenters. The van der Waals surface area contributed by atoms with Crippen molar-refractivity contribution in [2.45, 2.75) is 6.42 Å². The normalized spacial score (nSPS) is 9.93. The van der Waals surface area contributed by atoms with E-state index < -0.39 is 5.97 Å². The smallest absolute Gasteiger partial charge is 0.307 e. The number of carboxylic acids is 1. The molecule has 0 heterocycles. The van der Waals surface area contributed by atoms with Gasteiger partial charge < -0.3 is 9.84 Å². The van der Waals surface area contributed by atoms with Gasteiger partial charge in [-0.3, -0.25) is 4.79 Å². The van der Waals surface area contributed by atoms with Crippen LogP contribution in [0.5, 0.6) is 5.75 Å². The molecule has 1 rings (SSSR count). The highest BCUT2D eigenvalue weighted by molar-refractivity contribution is 6.43. The molecule has 0 spiro atoms. The fraction of sp³-hybridized carbons (Fsp3) is 0.222. The second kappa shape index (κ2) is 4.53. The zero-order chi connectivity index (χ0) is 10.7. The molecular weight excluding hydrogens is 227 g/mol. The van der Waals surface area contributed by atoms with Crippen molar-refractivity contribution >= 4 is 29.2 Å². The third-order valence-corrected chi connectivity index (χ3v) is 2.59. The van der Waals surface area contributed by atoms with Gasteiger partial charge in [0.05, 0.1) is 18.6 Å². The first-order valence-electron chi connectivity index (χ1n) is 3.79. The summed E-state index contributed by atoms with van der Waals surface area (Å²) in [5.74, 6) is -0.515. The van der Waals surface area contributed by atoms with E-state index in [9.17, 15) is 4.79 Å². The predicted octanol–water partition coefficient (Wildman–Crippen LogP) is 2.63. The van der Waals surface area contributed by atoms with Crippen LogP contribution >= 0.6 is 23.2 Å². The second-order valence-electron chi connectivity index (χ2n) is 2.63. The molecule has 0 saturated heterocycles. The van der Waals surface area contributed by atoms with Crippen molar-refractivity contribution in [2.24, 2.45) is 0 Å². The third kappa shape index (κ3) is 2.30. The van der Waals surface area contributed by atoms with E-state index in [-0.39, 0.29) is 16.5 Å². The second-order valence-corrected chi connectivity index (χ2v) is 3.38. The number of carbonyl (C=O) groups is 1. The van der Waals surface area contributed by atoms with E-state index in [1.165, 1.54) is 7.11 Å². The highest BCUT2D eigenvalue weighted by atomic mass is 35.5. The van der Waals surface area contributed by atoms with E-state index >= 15 is 0 Å². The van der Waals surface area contributed by atoms with Gasteiger partial charge in [0.2, 0.25) is 0 Å². The lowest BCUT2D eigenvalue weighted by Crippen LogP contribution is -2.01. The topological polar surface area (TPSA) is 46.5 Å². The van der Waals surface area contributed by atoms with Crippen molar-refractivity contribution in [3.8, 4) is 5.75 Å². The fourth-order valence-corrected chi connectivity index (χ4v) is 1.51. The molecule has 0 unspecified atom stereocenters. The molecule has 76 valence electrons. The molecule has 1 aromatic rings. The number of hydrogen-bond donors (Lipinski definition) is 1.